The van der Waals surface area contributed by atoms with Crippen LogP contribution in [0.2, 0.25) is 0 Å². The summed E-state index contributed by atoms with van der Waals surface area (Å²) in [5.41, 5.74) is -0.485. The molecule has 0 saturated heterocycles. The highest BCUT2D eigenvalue weighted by atomic mass is 32.2. The number of hydrogen-bond donors (Lipinski definition) is 2. The van der Waals surface area contributed by atoms with Crippen LogP contribution >= 0.6 is 11.8 Å². The molecule has 194 valence electrons. The highest BCUT2D eigenvalue weighted by Gasteiger charge is 2.34. The fourth-order valence-corrected chi connectivity index (χ4v) is 5.76. The van der Waals surface area contributed by atoms with Gasteiger partial charge in [-0.3, -0.25) is 4.79 Å². The van der Waals surface area contributed by atoms with Gasteiger partial charge in [0.15, 0.2) is 0 Å². The summed E-state index contributed by atoms with van der Waals surface area (Å²) < 4.78 is 43.2. The van der Waals surface area contributed by atoms with Crippen LogP contribution in [0.3, 0.4) is 0 Å². The van der Waals surface area contributed by atoms with Gasteiger partial charge in [-0.2, -0.15) is 0 Å². The number of hydrogen-bond acceptors (Lipinski definition) is 8. The Morgan fingerprint density at radius 3 is 2.09 bits per heavy atom. The van der Waals surface area contributed by atoms with E-state index in [4.69, 9.17) is 14.2 Å². The van der Waals surface area contributed by atoms with Crippen molar-refractivity contribution in [1.82, 2.24) is 10.0 Å². The van der Waals surface area contributed by atoms with E-state index in [1.165, 1.54) is 18.9 Å². The first kappa shape index (κ1) is 30.1. The number of methoxy groups -OCH3 is 2. The minimum Gasteiger partial charge on any atom is -0.497 e. The Balaban J connectivity index is 3.11. The molecule has 1 rings (SSSR count). The largest absolute Gasteiger partial charge is 0.497 e. The summed E-state index contributed by atoms with van der Waals surface area (Å²) in [6, 6.07) is 6.51. The molecule has 11 heteroatoms. The molecule has 0 aliphatic rings. The Labute approximate surface area is 207 Å². The third-order valence-corrected chi connectivity index (χ3v) is 7.33. The number of rotatable bonds is 11. The molecule has 2 atom stereocenters. The summed E-state index contributed by atoms with van der Waals surface area (Å²) in [6.07, 6.45) is -0.752. The van der Waals surface area contributed by atoms with Gasteiger partial charge >= 0.3 is 12.1 Å². The van der Waals surface area contributed by atoms with Crippen molar-refractivity contribution in [2.45, 2.75) is 76.1 Å². The van der Waals surface area contributed by atoms with Crippen LogP contribution in [0.1, 0.15) is 53.5 Å². The Kier molecular flexibility index (Phi) is 11.2. The van der Waals surface area contributed by atoms with Crippen LogP contribution in [0.4, 0.5) is 4.79 Å². The third kappa shape index (κ3) is 11.9. The third-order valence-electron chi connectivity index (χ3n) is 4.25. The molecule has 0 spiro atoms. The molecule has 0 heterocycles. The minimum absolute atomic E-state index is 0.0139. The standard InChI is InChI=1S/C23H38N2O7S2/c1-22(2,3)25-34(28,29)14-13-18(24-21(27)32-23(4,5)6)19(20(26)31-8)33-15-16-9-11-17(30-7)12-10-16/h9-12,18-19,25H,13-15H2,1-8H3,(H,24,27)/t18-,19-/m0/s1. The predicted octanol–water partition coefficient (Wildman–Crippen LogP) is 3.47. The highest BCUT2D eigenvalue weighted by molar-refractivity contribution is 7.99. The maximum Gasteiger partial charge on any atom is 0.407 e. The Hall–Kier alpha value is -1.98. The lowest BCUT2D eigenvalue weighted by Gasteiger charge is -2.28. The molecule has 0 bridgehead atoms. The second-order valence-electron chi connectivity index (χ2n) is 9.82. The van der Waals surface area contributed by atoms with Crippen LogP contribution in [0.15, 0.2) is 24.3 Å². The molecule has 0 fully saturated rings. The molecule has 0 aromatic heterocycles. The van der Waals surface area contributed by atoms with Crippen molar-refractivity contribution in [2.24, 2.45) is 0 Å². The van der Waals surface area contributed by atoms with Gasteiger partial charge in [-0.05, 0) is 65.7 Å². The number of carbonyl (C=O) groups excluding carboxylic acids is 2. The van der Waals surface area contributed by atoms with Crippen LogP contribution in [0, 0.1) is 0 Å². The number of alkyl carbamates (subject to hydrolysis) is 1. The number of sulfonamides is 1. The molecular formula is C23H38N2O7S2. The number of ether oxygens (including phenoxy) is 3. The monoisotopic (exact) mass is 518 g/mol. The summed E-state index contributed by atoms with van der Waals surface area (Å²) >= 11 is 1.25. The van der Waals surface area contributed by atoms with E-state index in [1.54, 1.807) is 48.7 Å². The molecule has 0 aliphatic carbocycles. The molecular weight excluding hydrogens is 480 g/mol. The van der Waals surface area contributed by atoms with Crippen LogP contribution in [0.5, 0.6) is 5.75 Å². The summed E-state index contributed by atoms with van der Waals surface area (Å²) in [5, 5.41) is 1.83. The van der Waals surface area contributed by atoms with Gasteiger partial charge in [0.2, 0.25) is 10.0 Å². The minimum atomic E-state index is -3.66. The van der Waals surface area contributed by atoms with Crippen LogP contribution in [-0.2, 0) is 30.0 Å². The van der Waals surface area contributed by atoms with Gasteiger partial charge in [-0.15, -0.1) is 11.8 Å². The first-order valence-corrected chi connectivity index (χ1v) is 13.6. The average molecular weight is 519 g/mol. The van der Waals surface area contributed by atoms with Gasteiger partial charge in [-0.25, -0.2) is 17.9 Å². The predicted molar refractivity (Wildman–Crippen MR) is 135 cm³/mol. The molecule has 0 saturated carbocycles. The van der Waals surface area contributed by atoms with Crippen molar-refractivity contribution in [3.05, 3.63) is 29.8 Å². The number of thioether (sulfide) groups is 1. The molecule has 1 amide bonds. The second-order valence-corrected chi connectivity index (χ2v) is 12.8. The molecule has 0 radical (unpaired) electrons. The highest BCUT2D eigenvalue weighted by Crippen LogP contribution is 2.25. The normalized spacial score (nSPS) is 14.1. The summed E-state index contributed by atoms with van der Waals surface area (Å²) in [6.45, 7) is 10.4. The van der Waals surface area contributed by atoms with Crippen LogP contribution < -0.4 is 14.8 Å². The zero-order valence-electron chi connectivity index (χ0n) is 21.3. The fourth-order valence-electron chi connectivity index (χ4n) is 2.93. The van der Waals surface area contributed by atoms with E-state index in [1.807, 2.05) is 24.3 Å². The van der Waals surface area contributed by atoms with Crippen molar-refractivity contribution < 1.29 is 32.2 Å². The van der Waals surface area contributed by atoms with Crippen molar-refractivity contribution in [1.29, 1.82) is 0 Å². The van der Waals surface area contributed by atoms with Crippen molar-refractivity contribution in [3.8, 4) is 5.75 Å². The number of esters is 1. The number of amides is 1. The summed E-state index contributed by atoms with van der Waals surface area (Å²) in [5.74, 6) is 0.282. The number of benzene rings is 1. The zero-order valence-corrected chi connectivity index (χ0v) is 22.9. The van der Waals surface area contributed by atoms with E-state index in [9.17, 15) is 18.0 Å². The zero-order chi connectivity index (χ0) is 26.2. The lowest BCUT2D eigenvalue weighted by molar-refractivity contribution is -0.140. The second kappa shape index (κ2) is 12.6. The van der Waals surface area contributed by atoms with E-state index in [0.29, 0.717) is 11.5 Å². The summed E-state index contributed by atoms with van der Waals surface area (Å²) in [7, 11) is -0.832. The first-order chi connectivity index (χ1) is 15.5. The maximum atomic E-state index is 12.7. The first-order valence-electron chi connectivity index (χ1n) is 10.9. The molecule has 34 heavy (non-hydrogen) atoms. The molecule has 1 aromatic carbocycles. The number of nitrogens with one attached hydrogen (secondary N) is 2. The van der Waals surface area contributed by atoms with Crippen molar-refractivity contribution >= 4 is 33.8 Å². The molecule has 1 aromatic rings. The van der Waals surface area contributed by atoms with Gasteiger partial charge in [0.25, 0.3) is 0 Å². The smallest absolute Gasteiger partial charge is 0.407 e. The summed E-state index contributed by atoms with van der Waals surface area (Å²) in [4.78, 5) is 25.2. The molecule has 2 N–H and O–H groups in total. The van der Waals surface area contributed by atoms with Crippen molar-refractivity contribution in [2.75, 3.05) is 20.0 Å². The quantitative estimate of drug-likeness (QED) is 0.427. The lowest BCUT2D eigenvalue weighted by atomic mass is 10.1. The Morgan fingerprint density at radius 1 is 1.03 bits per heavy atom. The van der Waals surface area contributed by atoms with Crippen molar-refractivity contribution in [3.63, 3.8) is 0 Å². The maximum absolute atomic E-state index is 12.7. The van der Waals surface area contributed by atoms with Crippen LogP contribution in [-0.4, -0.2) is 62.9 Å². The molecule has 9 nitrogen and oxygen atoms in total. The topological polar surface area (TPSA) is 120 Å². The fraction of sp³-hybridized carbons (Fsp3) is 0.652. The lowest BCUT2D eigenvalue weighted by Crippen LogP contribution is -2.49. The molecule has 0 unspecified atom stereocenters. The van der Waals surface area contributed by atoms with Crippen LogP contribution in [0.25, 0.3) is 0 Å². The van der Waals surface area contributed by atoms with E-state index in [-0.39, 0.29) is 12.2 Å². The SMILES string of the molecule is COC(=O)[C@@H](SCc1ccc(OC)cc1)[C@H](CCS(=O)(=O)NC(C)(C)C)NC(=O)OC(C)(C)C. The average Bonchev–Trinajstić information content (AvgIpc) is 2.69. The molecule has 0 aliphatic heterocycles. The Bertz CT molecular complexity index is 905. The van der Waals surface area contributed by atoms with Gasteiger partial charge in [0, 0.05) is 11.3 Å². The van der Waals surface area contributed by atoms with Gasteiger partial charge in [-0.1, -0.05) is 12.1 Å². The van der Waals surface area contributed by atoms with E-state index in [0.717, 1.165) is 5.56 Å². The van der Waals surface area contributed by atoms with E-state index < -0.39 is 44.5 Å². The van der Waals surface area contributed by atoms with E-state index in [2.05, 4.69) is 10.0 Å². The Morgan fingerprint density at radius 2 is 1.62 bits per heavy atom. The van der Waals surface area contributed by atoms with Gasteiger partial charge < -0.3 is 19.5 Å². The number of carbonyl (C=O) groups is 2. The van der Waals surface area contributed by atoms with Gasteiger partial charge in [0.1, 0.15) is 16.6 Å². The van der Waals surface area contributed by atoms with E-state index >= 15 is 0 Å². The van der Waals surface area contributed by atoms with Gasteiger partial charge in [0.05, 0.1) is 26.0 Å².